The Morgan fingerprint density at radius 3 is 2.48 bits per heavy atom. The third-order valence-corrected chi connectivity index (χ3v) is 5.19. The minimum absolute atomic E-state index is 0.0488. The van der Waals surface area contributed by atoms with E-state index in [1.165, 1.54) is 11.1 Å². The number of amides is 1. The van der Waals surface area contributed by atoms with Crippen molar-refractivity contribution in [1.82, 2.24) is 10.3 Å². The van der Waals surface area contributed by atoms with Crippen LogP contribution in [0.3, 0.4) is 0 Å². The Hall–Kier alpha value is -2.79. The van der Waals surface area contributed by atoms with Crippen LogP contribution in [0.2, 0.25) is 0 Å². The summed E-state index contributed by atoms with van der Waals surface area (Å²) in [4.78, 5) is 17.5. The van der Waals surface area contributed by atoms with Gasteiger partial charge in [0.05, 0.1) is 7.11 Å². The second-order valence-corrected chi connectivity index (χ2v) is 7.08. The summed E-state index contributed by atoms with van der Waals surface area (Å²) in [7, 11) is 1.65. The Morgan fingerprint density at radius 1 is 1.04 bits per heavy atom. The van der Waals surface area contributed by atoms with E-state index in [0.717, 1.165) is 22.8 Å². The quantitative estimate of drug-likeness (QED) is 0.592. The van der Waals surface area contributed by atoms with Crippen molar-refractivity contribution in [2.45, 2.75) is 17.1 Å². The van der Waals surface area contributed by atoms with E-state index < -0.39 is 0 Å². The fourth-order valence-corrected chi connectivity index (χ4v) is 3.40. The van der Waals surface area contributed by atoms with Gasteiger partial charge in [-0.25, -0.2) is 0 Å². The largest absolute Gasteiger partial charge is 0.497 e. The molecule has 3 rings (SSSR count). The number of benzene rings is 2. The van der Waals surface area contributed by atoms with E-state index in [4.69, 9.17) is 4.74 Å². The summed E-state index contributed by atoms with van der Waals surface area (Å²) in [6.07, 6.45) is 4.43. The van der Waals surface area contributed by atoms with Crippen molar-refractivity contribution in [2.24, 2.45) is 0 Å². The number of rotatable bonds is 8. The average Bonchev–Trinajstić information content (AvgIpc) is 2.74. The molecule has 0 radical (unpaired) electrons. The summed E-state index contributed by atoms with van der Waals surface area (Å²) < 4.78 is 5.15. The highest BCUT2D eigenvalue weighted by Gasteiger charge is 2.05. The predicted molar refractivity (Wildman–Crippen MR) is 109 cm³/mol. The van der Waals surface area contributed by atoms with Gasteiger partial charge in [0, 0.05) is 35.2 Å². The zero-order chi connectivity index (χ0) is 18.9. The number of methoxy groups -OCH3 is 1. The molecule has 0 atom stereocenters. The first-order valence-corrected chi connectivity index (χ1v) is 9.76. The molecule has 5 heteroatoms. The average molecular weight is 378 g/mol. The molecule has 0 aliphatic heterocycles. The molecule has 0 aliphatic rings. The van der Waals surface area contributed by atoms with E-state index in [1.54, 1.807) is 25.1 Å². The normalized spacial score (nSPS) is 10.4. The smallest absolute Gasteiger partial charge is 0.251 e. The van der Waals surface area contributed by atoms with Gasteiger partial charge >= 0.3 is 0 Å². The van der Waals surface area contributed by atoms with Crippen LogP contribution in [-0.2, 0) is 12.2 Å². The summed E-state index contributed by atoms with van der Waals surface area (Å²) in [5, 5.41) is 2.97. The lowest BCUT2D eigenvalue weighted by atomic mass is 10.1. The minimum Gasteiger partial charge on any atom is -0.497 e. The maximum atomic E-state index is 12.3. The molecular formula is C22H22N2O2S. The topological polar surface area (TPSA) is 51.2 Å². The molecule has 138 valence electrons. The number of ether oxygens (including phenoxy) is 1. The lowest BCUT2D eigenvalue weighted by Crippen LogP contribution is -2.25. The molecule has 2 aromatic carbocycles. The molecule has 4 nitrogen and oxygen atoms in total. The molecule has 1 amide bonds. The number of carbonyl (C=O) groups excluding carboxylic acids is 1. The first kappa shape index (κ1) is 19.0. The van der Waals surface area contributed by atoms with E-state index in [2.05, 4.69) is 16.4 Å². The molecule has 1 aromatic heterocycles. The van der Waals surface area contributed by atoms with Crippen molar-refractivity contribution < 1.29 is 9.53 Å². The summed E-state index contributed by atoms with van der Waals surface area (Å²) in [5.74, 6) is 1.65. The van der Waals surface area contributed by atoms with Gasteiger partial charge in [-0.1, -0.05) is 18.2 Å². The van der Waals surface area contributed by atoms with E-state index in [-0.39, 0.29) is 5.91 Å². The monoisotopic (exact) mass is 378 g/mol. The molecule has 3 aromatic rings. The summed E-state index contributed by atoms with van der Waals surface area (Å²) >= 11 is 1.73. The number of aromatic nitrogens is 1. The van der Waals surface area contributed by atoms with Gasteiger partial charge in [0.25, 0.3) is 5.91 Å². The van der Waals surface area contributed by atoms with Gasteiger partial charge < -0.3 is 10.1 Å². The summed E-state index contributed by atoms with van der Waals surface area (Å²) in [5.41, 5.74) is 3.02. The molecule has 0 fully saturated rings. The first-order valence-electron chi connectivity index (χ1n) is 8.77. The molecule has 0 bridgehead atoms. The van der Waals surface area contributed by atoms with Crippen LogP contribution >= 0.6 is 11.8 Å². The van der Waals surface area contributed by atoms with E-state index >= 15 is 0 Å². The Bertz CT molecular complexity index is 850. The molecular weight excluding hydrogens is 356 g/mol. The lowest BCUT2D eigenvalue weighted by Gasteiger charge is -2.07. The van der Waals surface area contributed by atoms with Gasteiger partial charge in [-0.2, -0.15) is 0 Å². The van der Waals surface area contributed by atoms with Crippen molar-refractivity contribution in [3.63, 3.8) is 0 Å². The van der Waals surface area contributed by atoms with Crippen LogP contribution in [0.15, 0.2) is 78.0 Å². The van der Waals surface area contributed by atoms with Crippen LogP contribution in [0.25, 0.3) is 0 Å². The van der Waals surface area contributed by atoms with Gasteiger partial charge in [0.15, 0.2) is 0 Å². The zero-order valence-corrected chi connectivity index (χ0v) is 16.0. The Balaban J connectivity index is 1.45. The van der Waals surface area contributed by atoms with E-state index in [1.807, 2.05) is 60.8 Å². The number of hydrogen-bond acceptors (Lipinski definition) is 4. The summed E-state index contributed by atoms with van der Waals surface area (Å²) in [6, 6.07) is 19.6. The third kappa shape index (κ3) is 5.86. The summed E-state index contributed by atoms with van der Waals surface area (Å²) in [6.45, 7) is 0.600. The van der Waals surface area contributed by atoms with Crippen LogP contribution < -0.4 is 10.1 Å². The molecule has 0 unspecified atom stereocenters. The number of pyridine rings is 1. The van der Waals surface area contributed by atoms with Gasteiger partial charge in [-0.3, -0.25) is 9.78 Å². The lowest BCUT2D eigenvalue weighted by molar-refractivity contribution is 0.0954. The highest BCUT2D eigenvalue weighted by Crippen LogP contribution is 2.22. The van der Waals surface area contributed by atoms with Crippen LogP contribution in [0.4, 0.5) is 0 Å². The second-order valence-electron chi connectivity index (χ2n) is 6.03. The van der Waals surface area contributed by atoms with Crippen LogP contribution in [0, 0.1) is 0 Å². The fraction of sp³-hybridized carbons (Fsp3) is 0.182. The fourth-order valence-electron chi connectivity index (χ4n) is 2.57. The molecule has 0 spiro atoms. The van der Waals surface area contributed by atoms with Crippen molar-refractivity contribution in [2.75, 3.05) is 13.7 Å². The van der Waals surface area contributed by atoms with E-state index in [0.29, 0.717) is 12.1 Å². The second kappa shape index (κ2) is 9.78. The number of nitrogens with zero attached hydrogens (tertiary/aromatic N) is 1. The van der Waals surface area contributed by atoms with Crippen molar-refractivity contribution in [1.29, 1.82) is 0 Å². The van der Waals surface area contributed by atoms with Gasteiger partial charge in [-0.15, -0.1) is 11.8 Å². The van der Waals surface area contributed by atoms with Crippen molar-refractivity contribution >= 4 is 17.7 Å². The van der Waals surface area contributed by atoms with Gasteiger partial charge in [-0.05, 0) is 60.0 Å². The zero-order valence-electron chi connectivity index (χ0n) is 15.2. The molecule has 1 heterocycles. The molecule has 0 aliphatic carbocycles. The molecule has 0 saturated carbocycles. The molecule has 1 N–H and O–H groups in total. The standard InChI is InChI=1S/C22H22N2O2S/c1-26-20-8-4-17(5-9-20)12-14-24-22(25)19-6-10-21(11-7-19)27-16-18-3-2-13-23-15-18/h2-11,13,15H,12,14,16H2,1H3,(H,24,25). The number of nitrogens with one attached hydrogen (secondary N) is 1. The maximum Gasteiger partial charge on any atom is 0.251 e. The highest BCUT2D eigenvalue weighted by molar-refractivity contribution is 7.98. The Kier molecular flexibility index (Phi) is 6.88. The molecule has 27 heavy (non-hydrogen) atoms. The van der Waals surface area contributed by atoms with Crippen molar-refractivity contribution in [3.8, 4) is 5.75 Å². The molecule has 0 saturated heterocycles. The van der Waals surface area contributed by atoms with Crippen LogP contribution in [-0.4, -0.2) is 24.5 Å². The number of hydrogen-bond donors (Lipinski definition) is 1. The highest BCUT2D eigenvalue weighted by atomic mass is 32.2. The van der Waals surface area contributed by atoms with Crippen LogP contribution in [0.1, 0.15) is 21.5 Å². The van der Waals surface area contributed by atoms with Gasteiger partial charge in [0.1, 0.15) is 5.75 Å². The first-order chi connectivity index (χ1) is 13.2. The third-order valence-electron chi connectivity index (χ3n) is 4.10. The van der Waals surface area contributed by atoms with E-state index in [9.17, 15) is 4.79 Å². The minimum atomic E-state index is -0.0488. The Labute approximate surface area is 164 Å². The van der Waals surface area contributed by atoms with Crippen molar-refractivity contribution in [3.05, 3.63) is 89.7 Å². The number of thioether (sulfide) groups is 1. The predicted octanol–water partition coefficient (Wildman–Crippen LogP) is 4.36. The van der Waals surface area contributed by atoms with Gasteiger partial charge in [0.2, 0.25) is 0 Å². The Morgan fingerprint density at radius 2 is 1.81 bits per heavy atom. The maximum absolute atomic E-state index is 12.3. The number of carbonyl (C=O) groups is 1. The SMILES string of the molecule is COc1ccc(CCNC(=O)c2ccc(SCc3cccnc3)cc2)cc1. The van der Waals surface area contributed by atoms with Crippen LogP contribution in [0.5, 0.6) is 5.75 Å².